The number of amides is 3. The van der Waals surface area contributed by atoms with Crippen LogP contribution in [0.2, 0.25) is 0 Å². The topological polar surface area (TPSA) is 61.4 Å². The quantitative estimate of drug-likeness (QED) is 0.898. The molecule has 1 aliphatic rings. The Morgan fingerprint density at radius 2 is 1.81 bits per heavy atom. The molecular weight excluding hydrogens is 266 g/mol. The highest BCUT2D eigenvalue weighted by Crippen LogP contribution is 2.13. The van der Waals surface area contributed by atoms with Crippen molar-refractivity contribution in [1.29, 1.82) is 0 Å². The molecule has 5 nitrogen and oxygen atoms in total. The minimum Gasteiger partial charge on any atom is -0.308 e. The summed E-state index contributed by atoms with van der Waals surface area (Å²) in [4.78, 5) is 25.7. The monoisotopic (exact) mass is 289 g/mol. The van der Waals surface area contributed by atoms with Gasteiger partial charge in [0.05, 0.1) is 6.54 Å². The van der Waals surface area contributed by atoms with E-state index in [1.165, 1.54) is 12.0 Å². The van der Waals surface area contributed by atoms with Crippen molar-refractivity contribution in [2.75, 3.05) is 25.0 Å². The lowest BCUT2D eigenvalue weighted by Gasteiger charge is -2.25. The summed E-state index contributed by atoms with van der Waals surface area (Å²) in [7, 11) is 0. The van der Waals surface area contributed by atoms with Gasteiger partial charge in [-0.3, -0.25) is 15.0 Å². The summed E-state index contributed by atoms with van der Waals surface area (Å²) < 4.78 is 0. The second-order valence-corrected chi connectivity index (χ2v) is 5.64. The fourth-order valence-corrected chi connectivity index (χ4v) is 2.47. The van der Waals surface area contributed by atoms with Gasteiger partial charge in [0.15, 0.2) is 0 Å². The van der Waals surface area contributed by atoms with Crippen LogP contribution < -0.4 is 10.6 Å². The molecule has 0 aliphatic carbocycles. The maximum atomic E-state index is 11.8. The molecule has 2 rings (SSSR count). The minimum atomic E-state index is -0.472. The van der Waals surface area contributed by atoms with Crippen LogP contribution in [-0.2, 0) is 4.79 Å². The number of anilines is 1. The van der Waals surface area contributed by atoms with Crippen LogP contribution in [0.3, 0.4) is 0 Å². The molecule has 0 bridgehead atoms. The molecule has 1 aliphatic heterocycles. The van der Waals surface area contributed by atoms with E-state index in [0.717, 1.165) is 31.5 Å². The number of imide groups is 1. The van der Waals surface area contributed by atoms with Crippen LogP contribution in [-0.4, -0.2) is 36.5 Å². The van der Waals surface area contributed by atoms with E-state index >= 15 is 0 Å². The molecule has 0 aromatic heterocycles. The molecule has 1 heterocycles. The number of hydrogen-bond donors (Lipinski definition) is 2. The van der Waals surface area contributed by atoms with Gasteiger partial charge in [-0.05, 0) is 63.0 Å². The molecule has 0 saturated carbocycles. The lowest BCUT2D eigenvalue weighted by molar-refractivity contribution is -0.121. The average molecular weight is 289 g/mol. The Bertz CT molecular complexity index is 522. The molecule has 3 amide bonds. The number of hydrogen-bond acceptors (Lipinski definition) is 3. The first-order chi connectivity index (χ1) is 10.0. The van der Waals surface area contributed by atoms with Crippen LogP contribution in [0.1, 0.15) is 30.4 Å². The maximum absolute atomic E-state index is 11.8. The number of aryl methyl sites for hydroxylation is 2. The number of benzene rings is 1. The number of urea groups is 1. The van der Waals surface area contributed by atoms with Crippen LogP contribution in [0.15, 0.2) is 18.2 Å². The van der Waals surface area contributed by atoms with Crippen molar-refractivity contribution in [2.45, 2.75) is 33.1 Å². The molecule has 0 radical (unpaired) electrons. The van der Waals surface area contributed by atoms with E-state index in [9.17, 15) is 9.59 Å². The van der Waals surface area contributed by atoms with Gasteiger partial charge in [0.2, 0.25) is 5.91 Å². The first-order valence-electron chi connectivity index (χ1n) is 7.45. The largest absolute Gasteiger partial charge is 0.325 e. The number of nitrogens with zero attached hydrogens (tertiary/aromatic N) is 1. The van der Waals surface area contributed by atoms with Gasteiger partial charge in [0.1, 0.15) is 0 Å². The maximum Gasteiger partial charge on any atom is 0.325 e. The molecule has 1 aromatic rings. The van der Waals surface area contributed by atoms with Crippen molar-refractivity contribution in [3.63, 3.8) is 0 Å². The van der Waals surface area contributed by atoms with Crippen molar-refractivity contribution in [1.82, 2.24) is 10.2 Å². The van der Waals surface area contributed by atoms with E-state index in [-0.39, 0.29) is 5.91 Å². The number of rotatable bonds is 3. The Morgan fingerprint density at radius 1 is 1.10 bits per heavy atom. The molecule has 0 atom stereocenters. The lowest BCUT2D eigenvalue weighted by atomic mass is 10.1. The summed E-state index contributed by atoms with van der Waals surface area (Å²) in [6, 6.07) is 5.20. The molecule has 1 saturated heterocycles. The van der Waals surface area contributed by atoms with Crippen LogP contribution in [0.5, 0.6) is 0 Å². The molecule has 2 N–H and O–H groups in total. The summed E-state index contributed by atoms with van der Waals surface area (Å²) in [5.74, 6) is -0.252. The third-order valence-electron chi connectivity index (χ3n) is 3.83. The zero-order valence-electron chi connectivity index (χ0n) is 12.7. The molecule has 21 heavy (non-hydrogen) atoms. The van der Waals surface area contributed by atoms with Crippen LogP contribution in [0.25, 0.3) is 0 Å². The molecule has 1 aromatic carbocycles. The van der Waals surface area contributed by atoms with Gasteiger partial charge in [-0.25, -0.2) is 4.79 Å². The lowest BCUT2D eigenvalue weighted by Crippen LogP contribution is -2.43. The zero-order valence-corrected chi connectivity index (χ0v) is 12.7. The van der Waals surface area contributed by atoms with Gasteiger partial charge in [0, 0.05) is 5.69 Å². The zero-order chi connectivity index (χ0) is 15.2. The Kier molecular flexibility index (Phi) is 5.33. The molecule has 5 heteroatoms. The van der Waals surface area contributed by atoms with Gasteiger partial charge in [-0.1, -0.05) is 12.5 Å². The number of likely N-dealkylation sites (tertiary alicyclic amines) is 1. The fourth-order valence-electron chi connectivity index (χ4n) is 2.47. The molecular formula is C16H23N3O2. The van der Waals surface area contributed by atoms with Crippen molar-refractivity contribution in [3.05, 3.63) is 29.3 Å². The third-order valence-corrected chi connectivity index (χ3v) is 3.83. The van der Waals surface area contributed by atoms with Crippen LogP contribution in [0, 0.1) is 13.8 Å². The molecule has 0 spiro atoms. The number of carbonyl (C=O) groups excluding carboxylic acids is 2. The predicted octanol–water partition coefficient (Wildman–Crippen LogP) is 2.44. The SMILES string of the molecule is Cc1ccc(NC(=O)NC(=O)CN2CCCCC2)cc1C. The van der Waals surface area contributed by atoms with E-state index in [2.05, 4.69) is 15.5 Å². The van der Waals surface area contributed by atoms with Crippen molar-refractivity contribution < 1.29 is 9.59 Å². The highest BCUT2D eigenvalue weighted by Gasteiger charge is 2.15. The number of carbonyl (C=O) groups is 2. The average Bonchev–Trinajstić information content (AvgIpc) is 2.43. The summed E-state index contributed by atoms with van der Waals surface area (Å²) >= 11 is 0. The smallest absolute Gasteiger partial charge is 0.308 e. The van der Waals surface area contributed by atoms with Gasteiger partial charge in [-0.15, -0.1) is 0 Å². The van der Waals surface area contributed by atoms with E-state index in [0.29, 0.717) is 12.2 Å². The van der Waals surface area contributed by atoms with E-state index in [1.807, 2.05) is 32.0 Å². The summed E-state index contributed by atoms with van der Waals surface area (Å²) in [5, 5.41) is 5.07. The highest BCUT2D eigenvalue weighted by atomic mass is 16.2. The number of nitrogens with one attached hydrogen (secondary N) is 2. The summed E-state index contributed by atoms with van der Waals surface area (Å²) in [6.07, 6.45) is 3.48. The first-order valence-corrected chi connectivity index (χ1v) is 7.45. The second-order valence-electron chi connectivity index (χ2n) is 5.64. The Morgan fingerprint density at radius 3 is 2.48 bits per heavy atom. The van der Waals surface area contributed by atoms with Crippen molar-refractivity contribution in [2.24, 2.45) is 0 Å². The predicted molar refractivity (Wildman–Crippen MR) is 83.4 cm³/mol. The Hall–Kier alpha value is -1.88. The van der Waals surface area contributed by atoms with Gasteiger partial charge >= 0.3 is 6.03 Å². The highest BCUT2D eigenvalue weighted by molar-refractivity contribution is 6.01. The fraction of sp³-hybridized carbons (Fsp3) is 0.500. The molecule has 1 fully saturated rings. The Balaban J connectivity index is 1.80. The van der Waals surface area contributed by atoms with Gasteiger partial charge < -0.3 is 5.32 Å². The summed E-state index contributed by atoms with van der Waals surface area (Å²) in [5.41, 5.74) is 2.97. The van der Waals surface area contributed by atoms with Gasteiger partial charge in [-0.2, -0.15) is 0 Å². The van der Waals surface area contributed by atoms with Crippen LogP contribution in [0.4, 0.5) is 10.5 Å². The first kappa shape index (κ1) is 15.5. The number of piperidine rings is 1. The molecule has 0 unspecified atom stereocenters. The Labute approximate surface area is 125 Å². The van der Waals surface area contributed by atoms with Crippen molar-refractivity contribution in [3.8, 4) is 0 Å². The van der Waals surface area contributed by atoms with Gasteiger partial charge in [0.25, 0.3) is 0 Å². The standard InChI is InChI=1S/C16H23N3O2/c1-12-6-7-14(10-13(12)2)17-16(21)18-15(20)11-19-8-4-3-5-9-19/h6-7,10H,3-5,8-9,11H2,1-2H3,(H2,17,18,20,21). The van der Waals surface area contributed by atoms with Crippen molar-refractivity contribution >= 4 is 17.6 Å². The van der Waals surface area contributed by atoms with E-state index in [4.69, 9.17) is 0 Å². The summed E-state index contributed by atoms with van der Waals surface area (Å²) in [6.45, 7) is 6.17. The van der Waals surface area contributed by atoms with E-state index < -0.39 is 6.03 Å². The van der Waals surface area contributed by atoms with Crippen LogP contribution >= 0.6 is 0 Å². The molecule has 114 valence electrons. The normalized spacial score (nSPS) is 15.5. The minimum absolute atomic E-state index is 0.252. The third kappa shape index (κ3) is 4.86. The van der Waals surface area contributed by atoms with E-state index in [1.54, 1.807) is 0 Å². The second kappa shape index (κ2) is 7.22.